The highest BCUT2D eigenvalue weighted by Gasteiger charge is 2.19. The predicted octanol–water partition coefficient (Wildman–Crippen LogP) is 5.94. The molecule has 0 unspecified atom stereocenters. The maximum atomic E-state index is 13.2. The molecule has 5 aromatic rings. The number of pyridine rings is 1. The standard InChI is InChI=1S/C32H32N6O2S/c1-22(2)38-28(39)17-16-27(36-38)30-29(24-9-5-4-6-10-24)34-32(41-30)35-31(40)25-14-12-23(13-15-25)21-37(3)20-18-26-11-7-8-19-33-26/h4-17,19,22H,18,20-21H2,1-3H3,(H,34,35,40). The molecule has 0 bridgehead atoms. The maximum absolute atomic E-state index is 13.2. The minimum atomic E-state index is -0.236. The second kappa shape index (κ2) is 12.8. The van der Waals surface area contributed by atoms with Crippen LogP contribution in [0.2, 0.25) is 0 Å². The van der Waals surface area contributed by atoms with Gasteiger partial charge in [0.2, 0.25) is 0 Å². The van der Waals surface area contributed by atoms with Crippen molar-refractivity contribution < 1.29 is 4.79 Å². The molecule has 5 rings (SSSR count). The van der Waals surface area contributed by atoms with Crippen LogP contribution in [-0.4, -0.2) is 44.1 Å². The summed E-state index contributed by atoms with van der Waals surface area (Å²) < 4.78 is 1.46. The summed E-state index contributed by atoms with van der Waals surface area (Å²) in [6.45, 7) is 5.50. The fraction of sp³-hybridized carbons (Fsp3) is 0.219. The van der Waals surface area contributed by atoms with E-state index in [1.165, 1.54) is 22.1 Å². The zero-order valence-corrected chi connectivity index (χ0v) is 24.1. The third-order valence-electron chi connectivity index (χ3n) is 6.59. The molecule has 41 heavy (non-hydrogen) atoms. The number of rotatable bonds is 10. The number of hydrogen-bond donors (Lipinski definition) is 1. The highest BCUT2D eigenvalue weighted by molar-refractivity contribution is 7.19. The maximum Gasteiger partial charge on any atom is 0.267 e. The van der Waals surface area contributed by atoms with Gasteiger partial charge in [-0.1, -0.05) is 59.9 Å². The van der Waals surface area contributed by atoms with Gasteiger partial charge in [-0.25, -0.2) is 9.67 Å². The monoisotopic (exact) mass is 564 g/mol. The van der Waals surface area contributed by atoms with E-state index in [9.17, 15) is 9.59 Å². The summed E-state index contributed by atoms with van der Waals surface area (Å²) in [6.07, 6.45) is 2.70. The average molecular weight is 565 g/mol. The highest BCUT2D eigenvalue weighted by atomic mass is 32.1. The quantitative estimate of drug-likeness (QED) is 0.226. The topological polar surface area (TPSA) is 93.0 Å². The van der Waals surface area contributed by atoms with E-state index in [-0.39, 0.29) is 17.5 Å². The first-order chi connectivity index (χ1) is 19.9. The minimum absolute atomic E-state index is 0.0849. The second-order valence-electron chi connectivity index (χ2n) is 10.1. The molecule has 0 atom stereocenters. The Morgan fingerprint density at radius 2 is 1.73 bits per heavy atom. The lowest BCUT2D eigenvalue weighted by Gasteiger charge is -2.16. The zero-order valence-electron chi connectivity index (χ0n) is 23.3. The van der Waals surface area contributed by atoms with Crippen molar-refractivity contribution in [2.45, 2.75) is 32.9 Å². The van der Waals surface area contributed by atoms with E-state index in [1.54, 1.807) is 6.07 Å². The van der Waals surface area contributed by atoms with Gasteiger partial charge in [0.25, 0.3) is 11.5 Å². The summed E-state index contributed by atoms with van der Waals surface area (Å²) >= 11 is 1.34. The van der Waals surface area contributed by atoms with Crippen LogP contribution < -0.4 is 10.9 Å². The van der Waals surface area contributed by atoms with Crippen molar-refractivity contribution in [2.75, 3.05) is 18.9 Å². The van der Waals surface area contributed by atoms with Crippen molar-refractivity contribution in [3.8, 4) is 21.8 Å². The Morgan fingerprint density at radius 1 is 0.976 bits per heavy atom. The van der Waals surface area contributed by atoms with E-state index in [4.69, 9.17) is 4.98 Å². The number of aromatic nitrogens is 4. The zero-order chi connectivity index (χ0) is 28.8. The molecule has 3 heterocycles. The number of nitrogens with one attached hydrogen (secondary N) is 1. The smallest absolute Gasteiger partial charge is 0.267 e. The molecule has 0 radical (unpaired) electrons. The van der Waals surface area contributed by atoms with Gasteiger partial charge in [-0.2, -0.15) is 5.10 Å². The first-order valence-corrected chi connectivity index (χ1v) is 14.3. The third kappa shape index (κ3) is 7.00. The SMILES string of the molecule is CC(C)n1nc(-c2sc(NC(=O)c3ccc(CN(C)CCc4ccccn4)cc3)nc2-c2ccccc2)ccc1=O. The first-order valence-electron chi connectivity index (χ1n) is 13.5. The molecule has 9 heteroatoms. The third-order valence-corrected chi connectivity index (χ3v) is 7.58. The molecule has 0 saturated heterocycles. The molecule has 0 fully saturated rings. The van der Waals surface area contributed by atoms with Crippen molar-refractivity contribution in [3.63, 3.8) is 0 Å². The number of benzene rings is 2. The van der Waals surface area contributed by atoms with Crippen LogP contribution in [0.5, 0.6) is 0 Å². The fourth-order valence-corrected chi connectivity index (χ4v) is 5.38. The average Bonchev–Trinajstić information content (AvgIpc) is 3.41. The van der Waals surface area contributed by atoms with E-state index in [2.05, 4.69) is 27.3 Å². The van der Waals surface area contributed by atoms with Crippen molar-refractivity contribution in [3.05, 3.63) is 118 Å². The van der Waals surface area contributed by atoms with Gasteiger partial charge in [-0.05, 0) is 56.8 Å². The molecule has 0 aliphatic rings. The van der Waals surface area contributed by atoms with E-state index in [0.29, 0.717) is 22.1 Å². The summed E-state index contributed by atoms with van der Waals surface area (Å²) in [5.41, 5.74) is 4.83. The molecular weight excluding hydrogens is 532 g/mol. The van der Waals surface area contributed by atoms with Gasteiger partial charge in [0.05, 0.1) is 16.6 Å². The van der Waals surface area contributed by atoms with Crippen LogP contribution in [0.4, 0.5) is 5.13 Å². The normalized spacial score (nSPS) is 11.2. The summed E-state index contributed by atoms with van der Waals surface area (Å²) in [7, 11) is 2.08. The molecule has 1 N–H and O–H groups in total. The highest BCUT2D eigenvalue weighted by Crippen LogP contribution is 2.38. The van der Waals surface area contributed by atoms with Crippen molar-refractivity contribution >= 4 is 22.4 Å². The van der Waals surface area contributed by atoms with Gasteiger partial charge >= 0.3 is 0 Å². The van der Waals surface area contributed by atoms with Crippen molar-refractivity contribution in [1.82, 2.24) is 24.6 Å². The summed E-state index contributed by atoms with van der Waals surface area (Å²) in [4.78, 5) is 37.6. The number of likely N-dealkylation sites (N-methyl/N-ethyl adjacent to an activating group) is 1. The molecule has 2 aromatic carbocycles. The Balaban J connectivity index is 1.31. The van der Waals surface area contributed by atoms with E-state index >= 15 is 0 Å². The van der Waals surface area contributed by atoms with Gasteiger partial charge in [0.1, 0.15) is 5.69 Å². The lowest BCUT2D eigenvalue weighted by atomic mass is 10.1. The Hall–Kier alpha value is -4.47. The molecular formula is C32H32N6O2S. The number of hydrogen-bond acceptors (Lipinski definition) is 7. The van der Waals surface area contributed by atoms with Crippen LogP contribution in [0.1, 0.15) is 41.5 Å². The lowest BCUT2D eigenvalue weighted by Crippen LogP contribution is -2.23. The molecule has 1 amide bonds. The minimum Gasteiger partial charge on any atom is -0.302 e. The number of thiazole rings is 1. The van der Waals surface area contributed by atoms with Crippen LogP contribution in [0, 0.1) is 0 Å². The van der Waals surface area contributed by atoms with Gasteiger partial charge in [-0.15, -0.1) is 0 Å². The Bertz CT molecular complexity index is 1660. The van der Waals surface area contributed by atoms with Crippen LogP contribution in [0.15, 0.2) is 95.9 Å². The summed E-state index contributed by atoms with van der Waals surface area (Å²) in [5, 5.41) is 8.02. The molecule has 8 nitrogen and oxygen atoms in total. The Kier molecular flexibility index (Phi) is 8.76. The van der Waals surface area contributed by atoms with E-state index in [1.807, 2.05) is 92.8 Å². The molecule has 0 aliphatic carbocycles. The van der Waals surface area contributed by atoms with Crippen LogP contribution in [-0.2, 0) is 13.0 Å². The van der Waals surface area contributed by atoms with Crippen LogP contribution >= 0.6 is 11.3 Å². The number of anilines is 1. The van der Waals surface area contributed by atoms with Gasteiger partial charge in [-0.3, -0.25) is 19.9 Å². The predicted molar refractivity (Wildman–Crippen MR) is 164 cm³/mol. The molecule has 3 aromatic heterocycles. The first kappa shape index (κ1) is 28.1. The molecule has 0 spiro atoms. The van der Waals surface area contributed by atoms with Gasteiger partial charge in [0.15, 0.2) is 5.13 Å². The number of nitrogens with zero attached hydrogens (tertiary/aromatic N) is 5. The van der Waals surface area contributed by atoms with Gasteiger partial charge < -0.3 is 4.90 Å². The Labute approximate surface area is 243 Å². The number of carbonyl (C=O) groups is 1. The largest absolute Gasteiger partial charge is 0.302 e. The number of amides is 1. The van der Waals surface area contributed by atoms with Gasteiger partial charge in [0, 0.05) is 48.6 Å². The van der Waals surface area contributed by atoms with E-state index in [0.717, 1.165) is 41.2 Å². The molecule has 208 valence electrons. The lowest BCUT2D eigenvalue weighted by molar-refractivity contribution is 0.102. The van der Waals surface area contributed by atoms with Crippen molar-refractivity contribution in [1.29, 1.82) is 0 Å². The Morgan fingerprint density at radius 3 is 2.44 bits per heavy atom. The number of carbonyl (C=O) groups excluding carboxylic acids is 1. The molecule has 0 aliphatic heterocycles. The van der Waals surface area contributed by atoms with Crippen molar-refractivity contribution in [2.24, 2.45) is 0 Å². The summed E-state index contributed by atoms with van der Waals surface area (Å²) in [5.74, 6) is -0.236. The van der Waals surface area contributed by atoms with Crippen LogP contribution in [0.3, 0.4) is 0 Å². The second-order valence-corrected chi connectivity index (χ2v) is 11.1. The molecule has 0 saturated carbocycles. The van der Waals surface area contributed by atoms with Crippen LogP contribution in [0.25, 0.3) is 21.8 Å². The van der Waals surface area contributed by atoms with E-state index < -0.39 is 0 Å². The fourth-order valence-electron chi connectivity index (χ4n) is 4.43. The summed E-state index contributed by atoms with van der Waals surface area (Å²) in [6, 6.07) is 26.5.